The van der Waals surface area contributed by atoms with Gasteiger partial charge in [-0.05, 0) is 0 Å². The minimum Gasteiger partial charge on any atom is -0.662 e. The molecule has 0 bridgehead atoms. The SMILES string of the molecule is C1CCC(C2CCCC[N-]2)[N-]C1.C1CCC(C2CCCC[N-]2)[N-]C1.C1CC[N-]CC1.C1CC[N-]CC1.[Ru+6]. The molecule has 6 aliphatic rings. The van der Waals surface area contributed by atoms with Crippen molar-refractivity contribution in [2.24, 2.45) is 0 Å². The number of hydrogen-bond acceptors (Lipinski definition) is 0. The first-order valence-corrected chi connectivity index (χ1v) is 15.9. The van der Waals surface area contributed by atoms with Crippen molar-refractivity contribution in [2.45, 2.75) is 140 Å². The van der Waals surface area contributed by atoms with Crippen LogP contribution < -0.4 is 0 Å². The second kappa shape index (κ2) is 23.1. The fourth-order valence-corrected chi connectivity index (χ4v) is 5.98. The summed E-state index contributed by atoms with van der Waals surface area (Å²) in [5, 5.41) is 27.0. The van der Waals surface area contributed by atoms with Crippen LogP contribution in [0.25, 0.3) is 31.9 Å². The van der Waals surface area contributed by atoms with Crippen LogP contribution in [-0.4, -0.2) is 76.5 Å². The normalized spacial score (nSPS) is 32.4. The van der Waals surface area contributed by atoms with Crippen LogP contribution in [0.5, 0.6) is 0 Å². The van der Waals surface area contributed by atoms with Crippen LogP contribution in [0.2, 0.25) is 0 Å². The average Bonchev–Trinajstić information content (AvgIpc) is 3.02. The molecule has 6 fully saturated rings. The molecule has 0 aliphatic carbocycles. The van der Waals surface area contributed by atoms with Gasteiger partial charge in [-0.2, -0.15) is 24.2 Å². The van der Waals surface area contributed by atoms with Gasteiger partial charge in [0.15, 0.2) is 0 Å². The van der Waals surface area contributed by atoms with Crippen molar-refractivity contribution in [2.75, 3.05) is 52.4 Å². The van der Waals surface area contributed by atoms with Crippen molar-refractivity contribution < 1.29 is 19.5 Å². The molecule has 0 N–H and O–H groups in total. The maximum atomic E-state index is 4.66. The van der Waals surface area contributed by atoms with Crippen molar-refractivity contribution in [3.05, 3.63) is 31.9 Å². The van der Waals surface area contributed by atoms with Crippen LogP contribution in [0.1, 0.15) is 116 Å². The Morgan fingerprint density at radius 2 is 0.514 bits per heavy atom. The Morgan fingerprint density at radius 3 is 0.649 bits per heavy atom. The molecular weight excluding hydrogens is 545 g/mol. The van der Waals surface area contributed by atoms with Gasteiger partial charge in [-0.3, -0.25) is 0 Å². The fraction of sp³-hybridized carbons (Fsp3) is 1.00. The van der Waals surface area contributed by atoms with Gasteiger partial charge in [-0.25, -0.2) is 0 Å². The first-order chi connectivity index (χ1) is 17.9. The summed E-state index contributed by atoms with van der Waals surface area (Å²) in [6, 6.07) is 2.39. The van der Waals surface area contributed by atoms with Gasteiger partial charge in [0.05, 0.1) is 0 Å². The van der Waals surface area contributed by atoms with E-state index in [9.17, 15) is 0 Å². The van der Waals surface area contributed by atoms with Crippen molar-refractivity contribution in [1.82, 2.24) is 0 Å². The summed E-state index contributed by atoms with van der Waals surface area (Å²) in [6.07, 6.45) is 24.1. The molecule has 0 amide bonds. The van der Waals surface area contributed by atoms with Crippen LogP contribution in [0.4, 0.5) is 0 Å². The number of nitrogens with zero attached hydrogens (tertiary/aromatic N) is 6. The van der Waals surface area contributed by atoms with Crippen LogP contribution in [0, 0.1) is 0 Å². The van der Waals surface area contributed by atoms with Gasteiger partial charge in [-0.1, -0.05) is 116 Å². The number of rotatable bonds is 2. The van der Waals surface area contributed by atoms with Gasteiger partial charge in [0.1, 0.15) is 0 Å². The van der Waals surface area contributed by atoms with Gasteiger partial charge < -0.3 is 31.9 Å². The Hall–Kier alpha value is 0.383. The van der Waals surface area contributed by atoms with E-state index in [0.717, 1.165) is 52.4 Å². The van der Waals surface area contributed by atoms with Crippen molar-refractivity contribution in [3.8, 4) is 0 Å². The molecule has 6 rings (SSSR count). The molecule has 0 saturated carbocycles. The third kappa shape index (κ3) is 15.7. The molecule has 7 heteroatoms. The Bertz CT molecular complexity index is 379. The van der Waals surface area contributed by atoms with Crippen LogP contribution in [-0.2, 0) is 19.5 Å². The van der Waals surface area contributed by atoms with Gasteiger partial charge in [-0.15, -0.1) is 52.4 Å². The molecule has 0 aromatic heterocycles. The molecule has 6 aliphatic heterocycles. The fourth-order valence-electron chi connectivity index (χ4n) is 5.98. The zero-order chi connectivity index (χ0) is 24.9. The number of piperidine rings is 6. The van der Waals surface area contributed by atoms with E-state index in [1.165, 1.54) is 116 Å². The largest absolute Gasteiger partial charge is 6.00 e. The van der Waals surface area contributed by atoms with E-state index in [-0.39, 0.29) is 19.5 Å². The van der Waals surface area contributed by atoms with Crippen molar-refractivity contribution in [3.63, 3.8) is 0 Å². The van der Waals surface area contributed by atoms with Crippen LogP contribution in [0.15, 0.2) is 0 Å². The van der Waals surface area contributed by atoms with Crippen molar-refractivity contribution >= 4 is 0 Å². The zero-order valence-corrected chi connectivity index (χ0v) is 25.5. The molecular formula is C30H56N6Ru. The molecule has 214 valence electrons. The summed E-state index contributed by atoms with van der Waals surface area (Å²) in [7, 11) is 0. The molecule has 6 heterocycles. The topological polar surface area (TPSA) is 84.6 Å². The zero-order valence-electron chi connectivity index (χ0n) is 23.7. The molecule has 6 nitrogen and oxygen atoms in total. The molecule has 0 spiro atoms. The summed E-state index contributed by atoms with van der Waals surface area (Å²) in [4.78, 5) is 0. The second-order valence-electron chi connectivity index (χ2n) is 11.3. The summed E-state index contributed by atoms with van der Waals surface area (Å²) < 4.78 is 0. The minimum absolute atomic E-state index is 0. The quantitative estimate of drug-likeness (QED) is 0.283. The maximum absolute atomic E-state index is 4.66. The minimum atomic E-state index is 0. The molecule has 4 atom stereocenters. The molecule has 37 heavy (non-hydrogen) atoms. The smallest absolute Gasteiger partial charge is 0.662 e. The van der Waals surface area contributed by atoms with E-state index in [0.29, 0.717) is 24.2 Å². The summed E-state index contributed by atoms with van der Waals surface area (Å²) in [6.45, 7) is 8.88. The van der Waals surface area contributed by atoms with E-state index in [2.05, 4.69) is 31.9 Å². The molecule has 0 radical (unpaired) electrons. The van der Waals surface area contributed by atoms with E-state index >= 15 is 0 Å². The summed E-state index contributed by atoms with van der Waals surface area (Å²) >= 11 is 0. The Kier molecular flexibility index (Phi) is 21.0. The Labute approximate surface area is 242 Å². The van der Waals surface area contributed by atoms with Gasteiger partial charge in [0.2, 0.25) is 0 Å². The first kappa shape index (κ1) is 33.6. The molecule has 0 aromatic carbocycles. The number of hydrogen-bond donors (Lipinski definition) is 0. The first-order valence-electron chi connectivity index (χ1n) is 15.9. The third-order valence-electron chi connectivity index (χ3n) is 8.24. The van der Waals surface area contributed by atoms with E-state index < -0.39 is 0 Å². The molecule has 4 unspecified atom stereocenters. The molecule has 6 saturated heterocycles. The second-order valence-corrected chi connectivity index (χ2v) is 11.3. The van der Waals surface area contributed by atoms with Gasteiger partial charge in [0, 0.05) is 0 Å². The monoisotopic (exact) mass is 602 g/mol. The van der Waals surface area contributed by atoms with Gasteiger partial charge >= 0.3 is 19.5 Å². The van der Waals surface area contributed by atoms with E-state index in [1.54, 1.807) is 0 Å². The summed E-state index contributed by atoms with van der Waals surface area (Å²) in [5.74, 6) is 0. The third-order valence-corrected chi connectivity index (χ3v) is 8.24. The van der Waals surface area contributed by atoms with E-state index in [1.807, 2.05) is 0 Å². The average molecular weight is 602 g/mol. The van der Waals surface area contributed by atoms with Crippen LogP contribution in [0.3, 0.4) is 0 Å². The summed E-state index contributed by atoms with van der Waals surface area (Å²) in [5.41, 5.74) is 0. The van der Waals surface area contributed by atoms with Gasteiger partial charge in [0.25, 0.3) is 0 Å². The van der Waals surface area contributed by atoms with Crippen LogP contribution >= 0.6 is 0 Å². The standard InChI is InChI=1S/2C10H18N2.2C5H10N.Ru/c2*1-3-7-11-9(5-1)10-6-2-4-8-12-10;2*1-2-4-6-5-3-1;/h2*9-10H,1-8H2;2*1-5H2;/q2*-2;2*-1;+6. The predicted octanol–water partition coefficient (Wildman–Crippen LogP) is 8.76. The molecule has 0 aromatic rings. The predicted molar refractivity (Wildman–Crippen MR) is 157 cm³/mol. The van der Waals surface area contributed by atoms with Crippen molar-refractivity contribution in [1.29, 1.82) is 0 Å². The Balaban J connectivity index is 0.000000181. The van der Waals surface area contributed by atoms with E-state index in [4.69, 9.17) is 0 Å². The maximum Gasteiger partial charge on any atom is 6.00 e. The Morgan fingerprint density at radius 1 is 0.270 bits per heavy atom.